The molecule has 0 bridgehead atoms. The highest BCUT2D eigenvalue weighted by atomic mass is 16.7. The van der Waals surface area contributed by atoms with Gasteiger partial charge in [-0.2, -0.15) is 0 Å². The number of carboxylic acid groups (broad SMARTS) is 1. The van der Waals surface area contributed by atoms with Crippen molar-refractivity contribution >= 4 is 17.9 Å². The first-order valence-corrected chi connectivity index (χ1v) is 8.42. The zero-order valence-electron chi connectivity index (χ0n) is 15.0. The number of nitrogens with two attached hydrogens (primary N) is 1. The molecule has 0 aromatic carbocycles. The number of hydrogen-bond acceptors (Lipinski definition) is 6. The van der Waals surface area contributed by atoms with Gasteiger partial charge >= 0.3 is 17.9 Å². The van der Waals surface area contributed by atoms with E-state index in [1.54, 1.807) is 13.8 Å². The summed E-state index contributed by atoms with van der Waals surface area (Å²) in [4.78, 5) is 35.4. The molecule has 1 fully saturated rings. The molecule has 0 spiro atoms. The van der Waals surface area contributed by atoms with Crippen LogP contribution in [0, 0.1) is 11.3 Å². The second-order valence-corrected chi connectivity index (χ2v) is 7.37. The second kappa shape index (κ2) is 7.96. The molecule has 7 heteroatoms. The molecule has 1 unspecified atom stereocenters. The fourth-order valence-electron chi connectivity index (χ4n) is 3.09. The molecule has 3 N–H and O–H groups in total. The van der Waals surface area contributed by atoms with Crippen LogP contribution in [0.25, 0.3) is 0 Å². The van der Waals surface area contributed by atoms with Gasteiger partial charge in [0, 0.05) is 19.3 Å². The summed E-state index contributed by atoms with van der Waals surface area (Å²) < 4.78 is 10.4. The zero-order chi connectivity index (χ0) is 18.5. The molecule has 0 aromatic heterocycles. The Bertz CT molecular complexity index is 479. The average Bonchev–Trinajstić information content (AvgIpc) is 2.45. The number of esters is 2. The van der Waals surface area contributed by atoms with Crippen LogP contribution in [0.5, 0.6) is 0 Å². The van der Waals surface area contributed by atoms with Crippen LogP contribution >= 0.6 is 0 Å². The van der Waals surface area contributed by atoms with E-state index < -0.39 is 35.2 Å². The van der Waals surface area contributed by atoms with E-state index in [4.69, 9.17) is 15.2 Å². The molecule has 0 saturated heterocycles. The normalized spacial score (nSPS) is 18.8. The largest absolute Gasteiger partial charge is 0.481 e. The van der Waals surface area contributed by atoms with E-state index in [-0.39, 0.29) is 12.3 Å². The summed E-state index contributed by atoms with van der Waals surface area (Å²) in [7, 11) is 0. The Hall–Kier alpha value is -1.63. The average molecular weight is 343 g/mol. The Kier molecular flexibility index (Phi) is 6.77. The first-order chi connectivity index (χ1) is 11.0. The Morgan fingerprint density at radius 3 is 2.04 bits per heavy atom. The molecule has 0 aromatic rings. The second-order valence-electron chi connectivity index (χ2n) is 7.37. The van der Waals surface area contributed by atoms with Crippen molar-refractivity contribution in [1.82, 2.24) is 0 Å². The van der Waals surface area contributed by atoms with Gasteiger partial charge in [0.15, 0.2) is 0 Å². The number of carbonyl (C=O) groups excluding carboxylic acids is 2. The predicted molar refractivity (Wildman–Crippen MR) is 86.8 cm³/mol. The van der Waals surface area contributed by atoms with E-state index in [9.17, 15) is 19.5 Å². The lowest BCUT2D eigenvalue weighted by Crippen LogP contribution is -2.52. The monoisotopic (exact) mass is 343 g/mol. The zero-order valence-corrected chi connectivity index (χ0v) is 15.0. The molecule has 1 rings (SSSR count). The van der Waals surface area contributed by atoms with Gasteiger partial charge in [-0.05, 0) is 12.8 Å². The summed E-state index contributed by atoms with van der Waals surface area (Å²) in [5.74, 6) is -4.01. The molecule has 7 nitrogen and oxygen atoms in total. The van der Waals surface area contributed by atoms with Crippen molar-refractivity contribution in [2.24, 2.45) is 17.1 Å². The number of aliphatic carboxylic acids is 1. The van der Waals surface area contributed by atoms with Gasteiger partial charge in [-0.25, -0.2) is 0 Å². The minimum Gasteiger partial charge on any atom is -0.481 e. The Morgan fingerprint density at radius 1 is 1.08 bits per heavy atom. The maximum Gasteiger partial charge on any atom is 0.326 e. The maximum absolute atomic E-state index is 12.5. The van der Waals surface area contributed by atoms with E-state index in [2.05, 4.69) is 0 Å². The number of carbonyl (C=O) groups is 3. The third-order valence-corrected chi connectivity index (χ3v) is 4.43. The van der Waals surface area contributed by atoms with E-state index >= 15 is 0 Å². The molecule has 1 aliphatic carbocycles. The van der Waals surface area contributed by atoms with Crippen molar-refractivity contribution in [3.05, 3.63) is 0 Å². The van der Waals surface area contributed by atoms with Crippen LogP contribution in [0.15, 0.2) is 0 Å². The van der Waals surface area contributed by atoms with Gasteiger partial charge in [0.1, 0.15) is 6.04 Å². The maximum atomic E-state index is 12.5. The van der Waals surface area contributed by atoms with Crippen LogP contribution in [0.3, 0.4) is 0 Å². The molecule has 0 amide bonds. The highest BCUT2D eigenvalue weighted by Crippen LogP contribution is 2.42. The topological polar surface area (TPSA) is 116 Å². The van der Waals surface area contributed by atoms with E-state index in [1.165, 1.54) is 13.8 Å². The molecule has 1 aliphatic rings. The van der Waals surface area contributed by atoms with Crippen molar-refractivity contribution in [3.8, 4) is 0 Å². The molecule has 0 aliphatic heterocycles. The first-order valence-electron chi connectivity index (χ1n) is 8.42. The van der Waals surface area contributed by atoms with Crippen LogP contribution < -0.4 is 5.73 Å². The van der Waals surface area contributed by atoms with Crippen molar-refractivity contribution in [2.75, 3.05) is 0 Å². The summed E-state index contributed by atoms with van der Waals surface area (Å²) in [6.45, 7) is 6.27. The summed E-state index contributed by atoms with van der Waals surface area (Å²) in [5.41, 5.74) is 5.29. The third kappa shape index (κ3) is 5.47. The van der Waals surface area contributed by atoms with E-state index in [1.807, 2.05) is 0 Å². The molecule has 1 atom stereocenters. The smallest absolute Gasteiger partial charge is 0.326 e. The highest BCUT2D eigenvalue weighted by Gasteiger charge is 2.45. The molecule has 0 radical (unpaired) electrons. The van der Waals surface area contributed by atoms with Gasteiger partial charge in [-0.1, -0.05) is 33.1 Å². The van der Waals surface area contributed by atoms with Gasteiger partial charge in [0.05, 0.1) is 12.3 Å². The van der Waals surface area contributed by atoms with Crippen molar-refractivity contribution in [2.45, 2.75) is 78.0 Å². The fourth-order valence-corrected chi connectivity index (χ4v) is 3.09. The third-order valence-electron chi connectivity index (χ3n) is 4.43. The molecule has 0 heterocycles. The molecule has 138 valence electrons. The Labute approximate surface area is 142 Å². The van der Waals surface area contributed by atoms with Gasteiger partial charge in [0.2, 0.25) is 0 Å². The minimum absolute atomic E-state index is 0.171. The quantitative estimate of drug-likeness (QED) is 0.538. The van der Waals surface area contributed by atoms with Crippen LogP contribution in [0.1, 0.15) is 66.2 Å². The molecular weight excluding hydrogens is 314 g/mol. The number of hydrogen-bond donors (Lipinski definition) is 2. The number of rotatable bonds is 7. The Balaban J connectivity index is 2.83. The van der Waals surface area contributed by atoms with Crippen molar-refractivity contribution < 1.29 is 29.0 Å². The summed E-state index contributed by atoms with van der Waals surface area (Å²) in [5, 5.41) is 9.20. The summed E-state index contributed by atoms with van der Waals surface area (Å²) in [6, 6.07) is -1.06. The Morgan fingerprint density at radius 2 is 1.58 bits per heavy atom. The first kappa shape index (κ1) is 20.4. The summed E-state index contributed by atoms with van der Waals surface area (Å²) in [6.07, 6.45) is 3.64. The fraction of sp³-hybridized carbons (Fsp3) is 0.824. The van der Waals surface area contributed by atoms with E-state index in [0.717, 1.165) is 19.3 Å². The lowest BCUT2D eigenvalue weighted by molar-refractivity contribution is -0.221. The molecule has 1 saturated carbocycles. The SMILES string of the molecule is CC(C)C(=O)OC(C)(C)OC(=O)C(N)C1(CC(=O)O)CCCCC1. The van der Waals surface area contributed by atoms with Crippen molar-refractivity contribution in [1.29, 1.82) is 0 Å². The lowest BCUT2D eigenvalue weighted by Gasteiger charge is -2.40. The lowest BCUT2D eigenvalue weighted by atomic mass is 9.67. The highest BCUT2D eigenvalue weighted by molar-refractivity contribution is 5.79. The van der Waals surface area contributed by atoms with Crippen LogP contribution in [0.4, 0.5) is 0 Å². The van der Waals surface area contributed by atoms with Gasteiger partial charge < -0.3 is 20.3 Å². The number of carboxylic acids is 1. The van der Waals surface area contributed by atoms with Gasteiger partial charge in [-0.3, -0.25) is 14.4 Å². The van der Waals surface area contributed by atoms with Gasteiger partial charge in [0.25, 0.3) is 5.79 Å². The predicted octanol–water partition coefficient (Wildman–Crippen LogP) is 2.22. The van der Waals surface area contributed by atoms with E-state index in [0.29, 0.717) is 12.8 Å². The van der Waals surface area contributed by atoms with Crippen LogP contribution in [-0.4, -0.2) is 34.8 Å². The van der Waals surface area contributed by atoms with Gasteiger partial charge in [-0.15, -0.1) is 0 Å². The van der Waals surface area contributed by atoms with Crippen molar-refractivity contribution in [3.63, 3.8) is 0 Å². The van der Waals surface area contributed by atoms with Crippen LogP contribution in [0.2, 0.25) is 0 Å². The number of ether oxygens (including phenoxy) is 2. The minimum atomic E-state index is -1.45. The van der Waals surface area contributed by atoms with Crippen LogP contribution in [-0.2, 0) is 23.9 Å². The molecule has 24 heavy (non-hydrogen) atoms. The molecular formula is C17H29NO6. The summed E-state index contributed by atoms with van der Waals surface area (Å²) >= 11 is 0. The standard InChI is InChI=1S/C17H29NO6/c1-11(2)14(21)23-16(3,4)24-15(22)13(18)17(10-12(19)20)8-6-5-7-9-17/h11,13H,5-10,18H2,1-4H3,(H,19,20).